The number of hydrogen-bond acceptors (Lipinski definition) is 2. The van der Waals surface area contributed by atoms with E-state index in [-0.39, 0.29) is 0 Å². The molecule has 1 aromatic carbocycles. The van der Waals surface area contributed by atoms with E-state index in [0.29, 0.717) is 17.3 Å². The van der Waals surface area contributed by atoms with E-state index in [0.717, 1.165) is 23.9 Å². The first kappa shape index (κ1) is 14.7. The summed E-state index contributed by atoms with van der Waals surface area (Å²) in [6.07, 6.45) is 6.78. The predicted octanol–water partition coefficient (Wildman–Crippen LogP) is 4.35. The average Bonchev–Trinajstić information content (AvgIpc) is 2.40. The Morgan fingerprint density at radius 3 is 2.74 bits per heavy atom. The minimum absolute atomic E-state index is 0.323. The molecule has 1 aliphatic carbocycles. The third-order valence-corrected chi connectivity index (χ3v) is 4.46. The number of hydrogen-bond donors (Lipinski definition) is 2. The SMILES string of the molecule is CC1CCC(CCNCc2cc(Cl)ccc2O)CC1. The second kappa shape index (κ2) is 7.16. The van der Waals surface area contributed by atoms with E-state index in [1.807, 2.05) is 6.07 Å². The molecular formula is C16H24ClNO. The molecule has 0 bridgehead atoms. The highest BCUT2D eigenvalue weighted by Crippen LogP contribution is 2.30. The number of nitrogens with one attached hydrogen (secondary N) is 1. The van der Waals surface area contributed by atoms with Crippen LogP contribution in [0.3, 0.4) is 0 Å². The summed E-state index contributed by atoms with van der Waals surface area (Å²) in [5.74, 6) is 2.13. The Morgan fingerprint density at radius 2 is 2.00 bits per heavy atom. The van der Waals surface area contributed by atoms with Crippen LogP contribution in [0.5, 0.6) is 5.75 Å². The van der Waals surface area contributed by atoms with Gasteiger partial charge < -0.3 is 10.4 Å². The van der Waals surface area contributed by atoms with Crippen LogP contribution in [0.25, 0.3) is 0 Å². The molecule has 0 heterocycles. The number of phenolic OH excluding ortho intramolecular Hbond substituents is 1. The molecule has 0 atom stereocenters. The van der Waals surface area contributed by atoms with Crippen molar-refractivity contribution < 1.29 is 5.11 Å². The third kappa shape index (κ3) is 4.70. The highest BCUT2D eigenvalue weighted by molar-refractivity contribution is 6.30. The van der Waals surface area contributed by atoms with Gasteiger partial charge in [-0.05, 0) is 43.0 Å². The van der Waals surface area contributed by atoms with Crippen LogP contribution in [0.4, 0.5) is 0 Å². The lowest BCUT2D eigenvalue weighted by Crippen LogP contribution is -2.20. The van der Waals surface area contributed by atoms with Crippen molar-refractivity contribution in [2.45, 2.75) is 45.6 Å². The molecule has 0 aliphatic heterocycles. The van der Waals surface area contributed by atoms with Gasteiger partial charge in [-0.25, -0.2) is 0 Å². The van der Waals surface area contributed by atoms with Crippen molar-refractivity contribution in [3.05, 3.63) is 28.8 Å². The van der Waals surface area contributed by atoms with Crippen molar-refractivity contribution in [2.24, 2.45) is 11.8 Å². The Bertz CT molecular complexity index is 400. The maximum atomic E-state index is 9.71. The lowest BCUT2D eigenvalue weighted by atomic mass is 9.81. The lowest BCUT2D eigenvalue weighted by molar-refractivity contribution is 0.275. The predicted molar refractivity (Wildman–Crippen MR) is 80.6 cm³/mol. The first-order chi connectivity index (χ1) is 9.15. The molecule has 19 heavy (non-hydrogen) atoms. The van der Waals surface area contributed by atoms with Gasteiger partial charge in [-0.15, -0.1) is 0 Å². The van der Waals surface area contributed by atoms with E-state index in [1.165, 1.54) is 32.1 Å². The summed E-state index contributed by atoms with van der Waals surface area (Å²) in [7, 11) is 0. The van der Waals surface area contributed by atoms with E-state index in [4.69, 9.17) is 11.6 Å². The van der Waals surface area contributed by atoms with E-state index in [1.54, 1.807) is 12.1 Å². The van der Waals surface area contributed by atoms with Crippen molar-refractivity contribution >= 4 is 11.6 Å². The molecule has 0 aromatic heterocycles. The fourth-order valence-electron chi connectivity index (χ4n) is 2.84. The van der Waals surface area contributed by atoms with E-state index in [2.05, 4.69) is 12.2 Å². The summed E-state index contributed by atoms with van der Waals surface area (Å²) in [5, 5.41) is 13.8. The molecule has 106 valence electrons. The molecule has 1 aliphatic rings. The minimum atomic E-state index is 0.323. The monoisotopic (exact) mass is 281 g/mol. The van der Waals surface area contributed by atoms with E-state index in [9.17, 15) is 5.11 Å². The maximum Gasteiger partial charge on any atom is 0.120 e. The molecule has 0 amide bonds. The molecule has 0 saturated heterocycles. The molecule has 0 spiro atoms. The fraction of sp³-hybridized carbons (Fsp3) is 0.625. The van der Waals surface area contributed by atoms with Crippen LogP contribution < -0.4 is 5.32 Å². The Hall–Kier alpha value is -0.730. The standard InChI is InChI=1S/C16H24ClNO/c1-12-2-4-13(5-3-12)8-9-18-11-14-10-15(17)6-7-16(14)19/h6-7,10,12-13,18-19H,2-5,8-9,11H2,1H3. The molecule has 1 aromatic rings. The van der Waals surface area contributed by atoms with Crippen LogP contribution in [-0.2, 0) is 6.54 Å². The summed E-state index contributed by atoms with van der Waals surface area (Å²) >= 11 is 5.93. The first-order valence-corrected chi connectivity index (χ1v) is 7.71. The van der Waals surface area contributed by atoms with Crippen LogP contribution in [0, 0.1) is 11.8 Å². The first-order valence-electron chi connectivity index (χ1n) is 7.33. The van der Waals surface area contributed by atoms with Crippen molar-refractivity contribution in [3.63, 3.8) is 0 Å². The van der Waals surface area contributed by atoms with Gasteiger partial charge in [0.1, 0.15) is 5.75 Å². The second-order valence-electron chi connectivity index (χ2n) is 5.86. The molecule has 3 heteroatoms. The summed E-state index contributed by atoms with van der Waals surface area (Å²) in [5.41, 5.74) is 0.879. The van der Waals surface area contributed by atoms with Crippen LogP contribution in [0.1, 0.15) is 44.6 Å². The summed E-state index contributed by atoms with van der Waals surface area (Å²) in [4.78, 5) is 0. The molecule has 2 rings (SSSR count). The number of rotatable bonds is 5. The highest BCUT2D eigenvalue weighted by Gasteiger charge is 2.17. The second-order valence-corrected chi connectivity index (χ2v) is 6.30. The topological polar surface area (TPSA) is 32.3 Å². The number of benzene rings is 1. The summed E-state index contributed by atoms with van der Waals surface area (Å²) in [6, 6.07) is 5.19. The minimum Gasteiger partial charge on any atom is -0.508 e. The van der Waals surface area contributed by atoms with Gasteiger partial charge in [0.2, 0.25) is 0 Å². The molecule has 1 fully saturated rings. The lowest BCUT2D eigenvalue weighted by Gasteiger charge is -2.26. The molecule has 1 saturated carbocycles. The third-order valence-electron chi connectivity index (χ3n) is 4.22. The molecular weight excluding hydrogens is 258 g/mol. The number of aromatic hydroxyl groups is 1. The maximum absolute atomic E-state index is 9.71. The van der Waals surface area contributed by atoms with Crippen molar-refractivity contribution in [1.82, 2.24) is 5.32 Å². The smallest absolute Gasteiger partial charge is 0.120 e. The number of halogens is 1. The van der Waals surface area contributed by atoms with Gasteiger partial charge in [0.05, 0.1) is 0 Å². The van der Waals surface area contributed by atoms with Gasteiger partial charge in [0.25, 0.3) is 0 Å². The van der Waals surface area contributed by atoms with Gasteiger partial charge in [-0.1, -0.05) is 44.2 Å². The van der Waals surface area contributed by atoms with Crippen LogP contribution in [0.15, 0.2) is 18.2 Å². The summed E-state index contributed by atoms with van der Waals surface area (Å²) < 4.78 is 0. The van der Waals surface area contributed by atoms with Gasteiger partial charge >= 0.3 is 0 Å². The quantitative estimate of drug-likeness (QED) is 0.787. The van der Waals surface area contributed by atoms with Gasteiger partial charge in [0, 0.05) is 17.1 Å². The average molecular weight is 282 g/mol. The Labute approximate surface area is 121 Å². The molecule has 0 radical (unpaired) electrons. The Balaban J connectivity index is 1.68. The zero-order chi connectivity index (χ0) is 13.7. The molecule has 0 unspecified atom stereocenters. The molecule has 2 N–H and O–H groups in total. The van der Waals surface area contributed by atoms with Crippen molar-refractivity contribution in [3.8, 4) is 5.75 Å². The normalized spacial score (nSPS) is 23.5. The van der Waals surface area contributed by atoms with Crippen LogP contribution >= 0.6 is 11.6 Å². The fourth-order valence-corrected chi connectivity index (χ4v) is 3.04. The van der Waals surface area contributed by atoms with E-state index < -0.39 is 0 Å². The van der Waals surface area contributed by atoms with Gasteiger partial charge in [-0.3, -0.25) is 0 Å². The van der Waals surface area contributed by atoms with Crippen LogP contribution in [0.2, 0.25) is 5.02 Å². The zero-order valence-corrected chi connectivity index (χ0v) is 12.4. The zero-order valence-electron chi connectivity index (χ0n) is 11.7. The van der Waals surface area contributed by atoms with Crippen LogP contribution in [-0.4, -0.2) is 11.7 Å². The van der Waals surface area contributed by atoms with Gasteiger partial charge in [0.15, 0.2) is 0 Å². The largest absolute Gasteiger partial charge is 0.508 e. The number of phenols is 1. The van der Waals surface area contributed by atoms with E-state index >= 15 is 0 Å². The highest BCUT2D eigenvalue weighted by atomic mass is 35.5. The molecule has 2 nitrogen and oxygen atoms in total. The summed E-state index contributed by atoms with van der Waals surface area (Å²) in [6.45, 7) is 4.07. The Morgan fingerprint density at radius 1 is 1.26 bits per heavy atom. The van der Waals surface area contributed by atoms with Crippen molar-refractivity contribution in [1.29, 1.82) is 0 Å². The van der Waals surface area contributed by atoms with Crippen molar-refractivity contribution in [2.75, 3.05) is 6.54 Å². The Kier molecular flexibility index (Phi) is 5.53. The van der Waals surface area contributed by atoms with Gasteiger partial charge in [-0.2, -0.15) is 0 Å².